The van der Waals surface area contributed by atoms with E-state index in [0.717, 1.165) is 0 Å². The predicted octanol–water partition coefficient (Wildman–Crippen LogP) is 2.66. The topological polar surface area (TPSA) is 96.4 Å². The molecule has 1 atom stereocenters. The van der Waals surface area contributed by atoms with Crippen molar-refractivity contribution in [3.05, 3.63) is 52.6 Å². The van der Waals surface area contributed by atoms with Gasteiger partial charge >= 0.3 is 0 Å². The third-order valence-corrected chi connectivity index (χ3v) is 5.66. The van der Waals surface area contributed by atoms with Crippen molar-refractivity contribution >= 4 is 17.4 Å². The number of para-hydroxylation sites is 1. The van der Waals surface area contributed by atoms with Gasteiger partial charge in [-0.05, 0) is 18.4 Å². The fourth-order valence-corrected chi connectivity index (χ4v) is 4.65. The van der Waals surface area contributed by atoms with Crippen molar-refractivity contribution in [2.75, 3.05) is 11.4 Å². The van der Waals surface area contributed by atoms with E-state index in [4.69, 9.17) is 10.5 Å². The summed E-state index contributed by atoms with van der Waals surface area (Å²) in [5.41, 5.74) is 5.92. The average molecular weight is 363 g/mol. The van der Waals surface area contributed by atoms with Crippen LogP contribution in [0, 0.1) is 16.7 Å². The van der Waals surface area contributed by atoms with E-state index in [9.17, 15) is 14.9 Å². The van der Waals surface area contributed by atoms with Gasteiger partial charge in [-0.15, -0.1) is 0 Å². The highest BCUT2D eigenvalue weighted by Gasteiger charge is 2.62. The van der Waals surface area contributed by atoms with E-state index in [0.29, 0.717) is 30.0 Å². The van der Waals surface area contributed by atoms with Gasteiger partial charge in [-0.1, -0.05) is 32.0 Å². The van der Waals surface area contributed by atoms with Crippen LogP contribution in [0.5, 0.6) is 0 Å². The highest BCUT2D eigenvalue weighted by Crippen LogP contribution is 2.57. The first kappa shape index (κ1) is 17.3. The Morgan fingerprint density at radius 1 is 1.26 bits per heavy atom. The summed E-state index contributed by atoms with van der Waals surface area (Å²) in [6, 6.07) is 9.36. The summed E-state index contributed by atoms with van der Waals surface area (Å²) in [7, 11) is 0. The third-order valence-electron chi connectivity index (χ3n) is 5.66. The van der Waals surface area contributed by atoms with E-state index in [-0.39, 0.29) is 40.6 Å². The van der Waals surface area contributed by atoms with Gasteiger partial charge in [-0.3, -0.25) is 9.59 Å². The molecule has 0 bridgehead atoms. The van der Waals surface area contributed by atoms with Crippen molar-refractivity contribution in [3.8, 4) is 6.07 Å². The number of carbonyl (C=O) groups is 2. The van der Waals surface area contributed by atoms with Crippen LogP contribution < -0.4 is 10.6 Å². The second-order valence-corrected chi connectivity index (χ2v) is 8.01. The number of hydrogen-bond acceptors (Lipinski definition) is 5. The SMILES string of the molecule is CCN1C(=O)C2(C(C#N)=C(N)OC3=C2C(=O)CC(C)(C)C3)c2ccccc21. The van der Waals surface area contributed by atoms with Gasteiger partial charge in [-0.25, -0.2) is 0 Å². The lowest BCUT2D eigenvalue weighted by molar-refractivity contribution is -0.125. The Kier molecular flexibility index (Phi) is 3.51. The summed E-state index contributed by atoms with van der Waals surface area (Å²) in [6.45, 7) is 6.26. The van der Waals surface area contributed by atoms with Gasteiger partial charge < -0.3 is 15.4 Å². The molecule has 0 saturated heterocycles. The fourth-order valence-electron chi connectivity index (χ4n) is 4.65. The molecule has 1 amide bonds. The Bertz CT molecular complexity index is 996. The first-order valence-corrected chi connectivity index (χ1v) is 9.04. The number of allylic oxidation sites excluding steroid dienone is 1. The van der Waals surface area contributed by atoms with E-state index in [1.54, 1.807) is 11.0 Å². The fraction of sp³-hybridized carbons (Fsp3) is 0.381. The number of rotatable bonds is 1. The molecule has 4 rings (SSSR count). The van der Waals surface area contributed by atoms with Crippen LogP contribution in [0.3, 0.4) is 0 Å². The first-order valence-electron chi connectivity index (χ1n) is 9.04. The number of nitrogens with zero attached hydrogens (tertiary/aromatic N) is 2. The molecule has 1 unspecified atom stereocenters. The minimum Gasteiger partial charge on any atom is -0.444 e. The van der Waals surface area contributed by atoms with Crippen molar-refractivity contribution in [3.63, 3.8) is 0 Å². The van der Waals surface area contributed by atoms with Gasteiger partial charge in [0.1, 0.15) is 22.8 Å². The van der Waals surface area contributed by atoms with E-state index in [1.807, 2.05) is 39.0 Å². The number of ether oxygens (including phenoxy) is 1. The first-order chi connectivity index (χ1) is 12.8. The molecule has 1 aromatic rings. The largest absolute Gasteiger partial charge is 0.444 e. The molecule has 1 aliphatic carbocycles. The quantitative estimate of drug-likeness (QED) is 0.827. The highest BCUT2D eigenvalue weighted by atomic mass is 16.5. The van der Waals surface area contributed by atoms with Crippen LogP contribution in [0.2, 0.25) is 0 Å². The van der Waals surface area contributed by atoms with Crippen LogP contribution in [-0.4, -0.2) is 18.2 Å². The second-order valence-electron chi connectivity index (χ2n) is 8.01. The van der Waals surface area contributed by atoms with Crippen LogP contribution in [0.15, 0.2) is 47.1 Å². The number of amides is 1. The number of anilines is 1. The summed E-state index contributed by atoms with van der Waals surface area (Å²) in [5, 5.41) is 9.90. The van der Waals surface area contributed by atoms with Gasteiger partial charge in [0, 0.05) is 30.6 Å². The summed E-state index contributed by atoms with van der Waals surface area (Å²) >= 11 is 0. The number of nitrogens with two attached hydrogens (primary N) is 1. The molecular formula is C21H21N3O3. The number of ketones is 1. The Hall–Kier alpha value is -3.07. The number of hydrogen-bond donors (Lipinski definition) is 1. The van der Waals surface area contributed by atoms with Crippen molar-refractivity contribution in [1.82, 2.24) is 0 Å². The van der Waals surface area contributed by atoms with Crippen molar-refractivity contribution < 1.29 is 14.3 Å². The number of benzene rings is 1. The van der Waals surface area contributed by atoms with E-state index < -0.39 is 5.41 Å². The van der Waals surface area contributed by atoms with Crippen LogP contribution in [-0.2, 0) is 19.7 Å². The zero-order valence-electron chi connectivity index (χ0n) is 15.6. The molecule has 2 N–H and O–H groups in total. The van der Waals surface area contributed by atoms with Crippen LogP contribution in [0.1, 0.15) is 39.2 Å². The zero-order valence-corrected chi connectivity index (χ0v) is 15.6. The molecule has 6 heteroatoms. The average Bonchev–Trinajstić information content (AvgIpc) is 2.83. The molecule has 3 aliphatic rings. The van der Waals surface area contributed by atoms with E-state index in [1.165, 1.54) is 0 Å². The molecule has 138 valence electrons. The standard InChI is InChI=1S/C21H21N3O3/c1-4-24-14-8-6-5-7-12(14)21(19(24)26)13(11-22)18(23)27-16-10-20(2,3)9-15(25)17(16)21/h5-8H,4,9-10,23H2,1-3H3. The summed E-state index contributed by atoms with van der Waals surface area (Å²) in [5.74, 6) is -0.158. The van der Waals surface area contributed by atoms with Gasteiger partial charge in [-0.2, -0.15) is 5.26 Å². The molecule has 1 aromatic carbocycles. The van der Waals surface area contributed by atoms with Crippen LogP contribution >= 0.6 is 0 Å². The van der Waals surface area contributed by atoms with Crippen LogP contribution in [0.4, 0.5) is 5.69 Å². The van der Waals surface area contributed by atoms with Gasteiger partial charge in [0.2, 0.25) is 11.8 Å². The number of Topliss-reactive ketones (excluding diaryl/α,β-unsaturated/α-hetero) is 1. The molecule has 0 radical (unpaired) electrons. The zero-order chi connectivity index (χ0) is 19.6. The number of fused-ring (bicyclic) bond motifs is 3. The molecule has 0 aromatic heterocycles. The van der Waals surface area contributed by atoms with Gasteiger partial charge in [0.05, 0.1) is 5.57 Å². The molecule has 6 nitrogen and oxygen atoms in total. The number of carbonyl (C=O) groups excluding carboxylic acids is 2. The van der Waals surface area contributed by atoms with Crippen molar-refractivity contribution in [1.29, 1.82) is 5.26 Å². The number of nitriles is 1. The van der Waals surface area contributed by atoms with Gasteiger partial charge in [0.25, 0.3) is 0 Å². The Balaban J connectivity index is 2.11. The van der Waals surface area contributed by atoms with Gasteiger partial charge in [0.15, 0.2) is 5.78 Å². The molecule has 0 fully saturated rings. The predicted molar refractivity (Wildman–Crippen MR) is 99.1 cm³/mol. The Morgan fingerprint density at radius 3 is 2.63 bits per heavy atom. The molecule has 27 heavy (non-hydrogen) atoms. The number of likely N-dealkylation sites (N-methyl/N-ethyl adjacent to an activating group) is 1. The Labute approximate surface area is 157 Å². The lowest BCUT2D eigenvalue weighted by Gasteiger charge is -2.41. The summed E-state index contributed by atoms with van der Waals surface area (Å²) < 4.78 is 5.74. The Morgan fingerprint density at radius 2 is 1.96 bits per heavy atom. The molecule has 0 saturated carbocycles. The lowest BCUT2D eigenvalue weighted by Crippen LogP contribution is -2.50. The minimum absolute atomic E-state index is 0.00251. The van der Waals surface area contributed by atoms with E-state index in [2.05, 4.69) is 6.07 Å². The molecular weight excluding hydrogens is 342 g/mol. The second kappa shape index (κ2) is 5.46. The van der Waals surface area contributed by atoms with Crippen LogP contribution in [0.25, 0.3) is 0 Å². The summed E-state index contributed by atoms with van der Waals surface area (Å²) in [4.78, 5) is 28.5. The highest BCUT2D eigenvalue weighted by molar-refractivity contribution is 6.20. The summed E-state index contributed by atoms with van der Waals surface area (Å²) in [6.07, 6.45) is 0.772. The van der Waals surface area contributed by atoms with Crippen molar-refractivity contribution in [2.24, 2.45) is 11.1 Å². The lowest BCUT2D eigenvalue weighted by atomic mass is 9.62. The molecule has 1 spiro atoms. The maximum atomic E-state index is 13.7. The maximum absolute atomic E-state index is 13.7. The van der Waals surface area contributed by atoms with Crippen molar-refractivity contribution in [2.45, 2.75) is 39.0 Å². The maximum Gasteiger partial charge on any atom is 0.247 e. The van der Waals surface area contributed by atoms with E-state index >= 15 is 0 Å². The minimum atomic E-state index is -1.51. The normalized spacial score (nSPS) is 26.1. The molecule has 2 aliphatic heterocycles. The molecule has 2 heterocycles. The monoisotopic (exact) mass is 363 g/mol. The third kappa shape index (κ3) is 2.05. The smallest absolute Gasteiger partial charge is 0.247 e.